The lowest BCUT2D eigenvalue weighted by Crippen LogP contribution is -2.59. The van der Waals surface area contributed by atoms with Crippen LogP contribution in [0.4, 0.5) is 4.79 Å². The molecule has 4 saturated carbocycles. The zero-order valence-corrected chi connectivity index (χ0v) is 19.5. The van der Waals surface area contributed by atoms with Gasteiger partial charge in [0, 0.05) is 20.1 Å². The molecule has 5 fully saturated rings. The Bertz CT molecular complexity index is 1200. The van der Waals surface area contributed by atoms with Crippen LogP contribution in [0.5, 0.6) is 0 Å². The molecule has 2 heterocycles. The number of rotatable bonds is 3. The van der Waals surface area contributed by atoms with Crippen LogP contribution in [0, 0.1) is 23.2 Å². The molecule has 4 aliphatic carbocycles. The molecule has 1 aromatic carbocycles. The number of amides is 2. The van der Waals surface area contributed by atoms with Gasteiger partial charge in [0.05, 0.1) is 27.5 Å². The average molecular weight is 473 g/mol. The number of carbonyl (C=O) groups is 2. The van der Waals surface area contributed by atoms with E-state index in [0.717, 1.165) is 37.6 Å². The van der Waals surface area contributed by atoms with E-state index >= 15 is 0 Å². The molecule has 0 radical (unpaired) electrons. The number of ether oxygens (including phenoxy) is 1. The van der Waals surface area contributed by atoms with Crippen molar-refractivity contribution in [3.8, 4) is 0 Å². The van der Waals surface area contributed by atoms with Crippen molar-refractivity contribution in [2.75, 3.05) is 13.1 Å². The Balaban J connectivity index is 1.19. The zero-order valence-electron chi connectivity index (χ0n) is 18.7. The minimum absolute atomic E-state index is 0.129. The van der Waals surface area contributed by atoms with E-state index in [0.29, 0.717) is 36.0 Å². The molecule has 1 aliphatic heterocycles. The van der Waals surface area contributed by atoms with Gasteiger partial charge in [-0.25, -0.2) is 9.59 Å². The number of primary amides is 1. The predicted molar refractivity (Wildman–Crippen MR) is 123 cm³/mol. The van der Waals surface area contributed by atoms with Gasteiger partial charge in [-0.2, -0.15) is 0 Å². The lowest BCUT2D eigenvalue weighted by molar-refractivity contribution is -0.161. The number of hydrogen-bond donors (Lipinski definition) is 1. The number of aromatic nitrogens is 2. The van der Waals surface area contributed by atoms with Crippen LogP contribution >= 0.6 is 11.6 Å². The van der Waals surface area contributed by atoms with E-state index in [1.165, 1.54) is 0 Å². The maximum atomic E-state index is 13.1. The number of nitrogens with two attached hydrogens (primary N) is 1. The van der Waals surface area contributed by atoms with Crippen LogP contribution in [0.2, 0.25) is 5.02 Å². The molecular formula is C24H29ClN4O4. The number of likely N-dealkylation sites (tertiary alicyclic amines) is 1. The summed E-state index contributed by atoms with van der Waals surface area (Å²) in [6, 6.07) is 5.35. The highest BCUT2D eigenvalue weighted by Gasteiger charge is 2.59. The molecule has 1 saturated heterocycles. The van der Waals surface area contributed by atoms with Crippen molar-refractivity contribution in [1.29, 1.82) is 0 Å². The van der Waals surface area contributed by atoms with E-state index in [1.807, 2.05) is 12.1 Å². The van der Waals surface area contributed by atoms with Crippen molar-refractivity contribution in [2.24, 2.45) is 36.0 Å². The Hall–Kier alpha value is -2.48. The molecule has 5 aliphatic rings. The molecular weight excluding hydrogens is 444 g/mol. The van der Waals surface area contributed by atoms with Crippen molar-refractivity contribution in [1.82, 2.24) is 14.0 Å². The summed E-state index contributed by atoms with van der Waals surface area (Å²) in [6.45, 7) is 0.950. The molecule has 2 aromatic rings. The number of carbonyl (C=O) groups excluding carboxylic acids is 2. The maximum Gasteiger partial charge on any atom is 0.410 e. The smallest absolute Gasteiger partial charge is 0.410 e. The van der Waals surface area contributed by atoms with E-state index in [2.05, 4.69) is 0 Å². The number of hydrogen-bond acceptors (Lipinski definition) is 4. The first-order valence-corrected chi connectivity index (χ1v) is 12.3. The highest BCUT2D eigenvalue weighted by molar-refractivity contribution is 6.35. The third-order valence-corrected chi connectivity index (χ3v) is 9.10. The summed E-state index contributed by atoms with van der Waals surface area (Å²) in [5.41, 5.74) is 6.75. The van der Waals surface area contributed by atoms with Gasteiger partial charge in [0.1, 0.15) is 6.10 Å². The lowest BCUT2D eigenvalue weighted by atomic mass is 9.48. The molecule has 0 spiro atoms. The van der Waals surface area contributed by atoms with E-state index < -0.39 is 5.41 Å². The number of halogens is 1. The average Bonchev–Trinajstić information content (AvgIpc) is 3.35. The summed E-state index contributed by atoms with van der Waals surface area (Å²) in [7, 11) is 1.74. The second-order valence-electron chi connectivity index (χ2n) is 10.7. The molecule has 8 nitrogen and oxygen atoms in total. The number of fused-ring (bicyclic) bond motifs is 1. The van der Waals surface area contributed by atoms with Crippen LogP contribution < -0.4 is 11.4 Å². The fourth-order valence-electron chi connectivity index (χ4n) is 7.49. The van der Waals surface area contributed by atoms with E-state index in [-0.39, 0.29) is 41.7 Å². The fourth-order valence-corrected chi connectivity index (χ4v) is 7.75. The molecule has 9 heteroatoms. The summed E-state index contributed by atoms with van der Waals surface area (Å²) in [6.07, 6.45) is 4.60. The van der Waals surface area contributed by atoms with Crippen molar-refractivity contribution >= 4 is 34.6 Å². The van der Waals surface area contributed by atoms with Gasteiger partial charge in [0.15, 0.2) is 0 Å². The zero-order chi connectivity index (χ0) is 23.1. The van der Waals surface area contributed by atoms with Crippen molar-refractivity contribution in [2.45, 2.75) is 50.7 Å². The van der Waals surface area contributed by atoms with Gasteiger partial charge in [0.25, 0.3) is 0 Å². The number of para-hydroxylation sites is 1. The first-order chi connectivity index (χ1) is 15.8. The molecule has 7 rings (SSSR count). The molecule has 176 valence electrons. The van der Waals surface area contributed by atoms with Crippen LogP contribution in [0.15, 0.2) is 23.0 Å². The molecule has 33 heavy (non-hydrogen) atoms. The van der Waals surface area contributed by atoms with Gasteiger partial charge in [-0.1, -0.05) is 17.7 Å². The largest absolute Gasteiger partial charge is 0.446 e. The lowest BCUT2D eigenvalue weighted by Gasteiger charge is -2.58. The summed E-state index contributed by atoms with van der Waals surface area (Å²) in [4.78, 5) is 40.0. The monoisotopic (exact) mass is 472 g/mol. The number of imidazole rings is 1. The number of benzene rings is 1. The van der Waals surface area contributed by atoms with Crippen molar-refractivity contribution in [3.05, 3.63) is 33.7 Å². The maximum absolute atomic E-state index is 13.1. The summed E-state index contributed by atoms with van der Waals surface area (Å²) < 4.78 is 9.41. The van der Waals surface area contributed by atoms with Gasteiger partial charge < -0.3 is 15.4 Å². The van der Waals surface area contributed by atoms with Crippen LogP contribution in [0.3, 0.4) is 0 Å². The molecule has 2 N–H and O–H groups in total. The van der Waals surface area contributed by atoms with E-state index in [9.17, 15) is 14.4 Å². The third kappa shape index (κ3) is 3.06. The van der Waals surface area contributed by atoms with Gasteiger partial charge in [0.2, 0.25) is 5.91 Å². The molecule has 1 aromatic heterocycles. The first kappa shape index (κ1) is 21.1. The SMILES string of the molecule is Cn1c(=O)n([C@H]2CCN(C(=O)OC3C4CC5C[C@H]3CC(C(N)=O)(C5)C4)C2)c2c(Cl)cccc21. The summed E-state index contributed by atoms with van der Waals surface area (Å²) in [5, 5.41) is 0.531. The Labute approximate surface area is 196 Å². The number of nitrogens with zero attached hydrogens (tertiary/aromatic N) is 3. The van der Waals surface area contributed by atoms with Crippen LogP contribution in [0.1, 0.15) is 44.6 Å². The predicted octanol–water partition coefficient (Wildman–Crippen LogP) is 3.06. The van der Waals surface area contributed by atoms with Crippen LogP contribution in [-0.2, 0) is 16.6 Å². The second-order valence-corrected chi connectivity index (χ2v) is 11.1. The number of aryl methyl sites for hydroxylation is 1. The van der Waals surface area contributed by atoms with Crippen molar-refractivity contribution < 1.29 is 14.3 Å². The minimum atomic E-state index is -0.396. The Morgan fingerprint density at radius 2 is 1.91 bits per heavy atom. The Kier molecular flexibility index (Phi) is 4.64. The van der Waals surface area contributed by atoms with Crippen LogP contribution in [0.25, 0.3) is 11.0 Å². The molecule has 2 amide bonds. The molecule has 4 unspecified atom stereocenters. The van der Waals surface area contributed by atoms with Crippen molar-refractivity contribution in [3.63, 3.8) is 0 Å². The van der Waals surface area contributed by atoms with Gasteiger partial charge >= 0.3 is 11.8 Å². The summed E-state index contributed by atoms with van der Waals surface area (Å²) >= 11 is 6.45. The topological polar surface area (TPSA) is 99.6 Å². The third-order valence-electron chi connectivity index (χ3n) is 8.79. The Morgan fingerprint density at radius 1 is 1.18 bits per heavy atom. The minimum Gasteiger partial charge on any atom is -0.446 e. The van der Waals surface area contributed by atoms with Gasteiger partial charge in [-0.05, 0) is 68.4 Å². The second kappa shape index (κ2) is 7.26. The Morgan fingerprint density at radius 3 is 2.61 bits per heavy atom. The van der Waals surface area contributed by atoms with E-state index in [4.69, 9.17) is 22.1 Å². The highest BCUT2D eigenvalue weighted by atomic mass is 35.5. The normalized spacial score (nSPS) is 34.8. The van der Waals surface area contributed by atoms with Gasteiger partial charge in [-0.3, -0.25) is 13.9 Å². The molecule has 4 bridgehead atoms. The van der Waals surface area contributed by atoms with E-state index in [1.54, 1.807) is 27.1 Å². The fraction of sp³-hybridized carbons (Fsp3) is 0.625. The molecule has 6 atom stereocenters. The quantitative estimate of drug-likeness (QED) is 0.742. The first-order valence-electron chi connectivity index (χ1n) is 11.9. The van der Waals surface area contributed by atoms with Crippen LogP contribution in [-0.4, -0.2) is 45.2 Å². The standard InChI is InChI=1S/C24H29ClN4O4/c1-27-18-4-2-3-17(25)19(18)29(22(27)31)16-5-6-28(12-16)23(32)33-20-14-7-13-8-15(20)11-24(9-13,10-14)21(26)30/h2-4,13-16,20H,5-12H2,1H3,(H2,26,30)/t13?,14-,15?,16-,20?,24?/m0/s1. The van der Waals surface area contributed by atoms with Gasteiger partial charge in [-0.15, -0.1) is 0 Å². The highest BCUT2D eigenvalue weighted by Crippen LogP contribution is 2.60. The summed E-state index contributed by atoms with van der Waals surface area (Å²) in [5.74, 6) is 0.758.